The Morgan fingerprint density at radius 2 is 1.87 bits per heavy atom. The van der Waals surface area contributed by atoms with E-state index in [2.05, 4.69) is 5.10 Å². The summed E-state index contributed by atoms with van der Waals surface area (Å²) < 4.78 is 28.5. The Morgan fingerprint density at radius 1 is 1.22 bits per heavy atom. The molecule has 0 fully saturated rings. The highest BCUT2D eigenvalue weighted by atomic mass is 32.2. The number of hydrogen-bond acceptors (Lipinski definition) is 4. The highest BCUT2D eigenvalue weighted by Crippen LogP contribution is 2.37. The van der Waals surface area contributed by atoms with Gasteiger partial charge in [-0.15, -0.1) is 0 Å². The third-order valence-electron chi connectivity index (χ3n) is 4.80. The van der Waals surface area contributed by atoms with E-state index in [-0.39, 0.29) is 4.90 Å². The first-order valence-corrected chi connectivity index (χ1v) is 8.93. The molecular formula is C16H21N3O3S. The summed E-state index contributed by atoms with van der Waals surface area (Å²) in [7, 11) is -0.208. The van der Waals surface area contributed by atoms with Gasteiger partial charge in [-0.25, -0.2) is 8.42 Å². The average Bonchev–Trinajstić information content (AvgIpc) is 2.75. The maximum Gasteiger partial charge on any atom is 0.243 e. The first-order valence-electron chi connectivity index (χ1n) is 7.49. The zero-order valence-corrected chi connectivity index (χ0v) is 14.5. The maximum atomic E-state index is 12.7. The average molecular weight is 335 g/mol. The summed E-state index contributed by atoms with van der Waals surface area (Å²) in [6.45, 7) is 3.85. The Hall–Kier alpha value is -1.70. The Kier molecular flexibility index (Phi) is 3.82. The third kappa shape index (κ3) is 2.39. The lowest BCUT2D eigenvalue weighted by molar-refractivity contribution is 0.0890. The van der Waals surface area contributed by atoms with Crippen molar-refractivity contribution in [3.05, 3.63) is 46.8 Å². The molecule has 1 aliphatic heterocycles. The van der Waals surface area contributed by atoms with E-state index in [0.29, 0.717) is 12.0 Å². The predicted octanol–water partition coefficient (Wildman–Crippen LogP) is 1.32. The Bertz CT molecular complexity index is 857. The Labute approximate surface area is 136 Å². The summed E-state index contributed by atoms with van der Waals surface area (Å²) in [6, 6.07) is 6.10. The first-order chi connectivity index (χ1) is 10.7. The minimum atomic E-state index is -3.60. The third-order valence-corrected chi connectivity index (χ3v) is 6.75. The van der Waals surface area contributed by atoms with Gasteiger partial charge in [-0.3, -0.25) is 4.68 Å². The molecule has 0 unspecified atom stereocenters. The van der Waals surface area contributed by atoms with Gasteiger partial charge in [-0.2, -0.15) is 9.40 Å². The van der Waals surface area contributed by atoms with Gasteiger partial charge in [0.25, 0.3) is 0 Å². The van der Waals surface area contributed by atoms with E-state index < -0.39 is 22.2 Å². The molecule has 23 heavy (non-hydrogen) atoms. The number of hydrogen-bond donors (Lipinski definition) is 1. The van der Waals surface area contributed by atoms with Gasteiger partial charge in [0, 0.05) is 25.4 Å². The summed E-state index contributed by atoms with van der Waals surface area (Å²) in [5.74, 6) is 0. The fourth-order valence-corrected chi connectivity index (χ4v) is 4.86. The lowest BCUT2D eigenvalue weighted by Crippen LogP contribution is -2.46. The number of fused-ring (bicyclic) bond motifs is 1. The summed E-state index contributed by atoms with van der Waals surface area (Å²) in [4.78, 5) is 0.186. The number of likely N-dealkylation sites (N-methyl/N-ethyl adjacent to an activating group) is 1. The number of aliphatic hydroxyl groups is 1. The van der Waals surface area contributed by atoms with Crippen molar-refractivity contribution in [2.45, 2.75) is 37.3 Å². The molecule has 0 saturated carbocycles. The molecule has 2 atom stereocenters. The van der Waals surface area contributed by atoms with E-state index in [1.165, 1.54) is 11.4 Å². The molecule has 0 saturated heterocycles. The van der Waals surface area contributed by atoms with Crippen molar-refractivity contribution in [2.24, 2.45) is 7.05 Å². The van der Waals surface area contributed by atoms with E-state index in [1.807, 2.05) is 20.9 Å². The molecule has 1 aromatic heterocycles. The predicted molar refractivity (Wildman–Crippen MR) is 86.5 cm³/mol. The number of aliphatic hydroxyl groups excluding tert-OH is 1. The fourth-order valence-electron chi connectivity index (χ4n) is 3.26. The highest BCUT2D eigenvalue weighted by molar-refractivity contribution is 7.89. The number of sulfonamides is 1. The second kappa shape index (κ2) is 5.43. The normalized spacial score (nSPS) is 23.7. The zero-order chi connectivity index (χ0) is 16.9. The van der Waals surface area contributed by atoms with Crippen LogP contribution < -0.4 is 0 Å². The van der Waals surface area contributed by atoms with Crippen LogP contribution in [-0.4, -0.2) is 40.7 Å². The molecule has 0 amide bonds. The molecule has 3 rings (SSSR count). The summed E-state index contributed by atoms with van der Waals surface area (Å²) in [5.41, 5.74) is 3.30. The van der Waals surface area contributed by atoms with Gasteiger partial charge in [-0.05, 0) is 31.9 Å². The van der Waals surface area contributed by atoms with Crippen molar-refractivity contribution in [1.82, 2.24) is 14.1 Å². The molecule has 1 aromatic carbocycles. The van der Waals surface area contributed by atoms with E-state index in [4.69, 9.17) is 0 Å². The second-order valence-corrected chi connectivity index (χ2v) is 8.01. The molecule has 0 aliphatic carbocycles. The van der Waals surface area contributed by atoms with Crippen molar-refractivity contribution < 1.29 is 13.5 Å². The van der Waals surface area contributed by atoms with Gasteiger partial charge < -0.3 is 5.11 Å². The lowest BCUT2D eigenvalue weighted by Gasteiger charge is -2.37. The van der Waals surface area contributed by atoms with Gasteiger partial charge in [0.1, 0.15) is 0 Å². The van der Waals surface area contributed by atoms with E-state index in [9.17, 15) is 13.5 Å². The fraction of sp³-hybridized carbons (Fsp3) is 0.438. The minimum absolute atomic E-state index is 0.186. The van der Waals surface area contributed by atoms with Crippen molar-refractivity contribution in [3.63, 3.8) is 0 Å². The van der Waals surface area contributed by atoms with Crippen molar-refractivity contribution in [1.29, 1.82) is 0 Å². The quantitative estimate of drug-likeness (QED) is 0.898. The van der Waals surface area contributed by atoms with Crippen LogP contribution in [0.1, 0.15) is 28.6 Å². The minimum Gasteiger partial charge on any atom is -0.387 e. The molecule has 124 valence electrons. The SMILES string of the molecule is Cc1nn(C)c(C)c1C[C@@H]1[C@H](O)c2ccccc2S(=O)(=O)N1C. The van der Waals surface area contributed by atoms with Crippen molar-refractivity contribution in [3.8, 4) is 0 Å². The van der Waals surface area contributed by atoms with Crippen LogP contribution in [0, 0.1) is 13.8 Å². The summed E-state index contributed by atoms with van der Waals surface area (Å²) >= 11 is 0. The molecule has 1 N–H and O–H groups in total. The van der Waals surface area contributed by atoms with Gasteiger partial charge >= 0.3 is 0 Å². The van der Waals surface area contributed by atoms with Crippen LogP contribution in [0.3, 0.4) is 0 Å². The number of benzene rings is 1. The molecule has 0 spiro atoms. The zero-order valence-electron chi connectivity index (χ0n) is 13.7. The molecule has 0 radical (unpaired) electrons. The Morgan fingerprint density at radius 3 is 2.48 bits per heavy atom. The smallest absolute Gasteiger partial charge is 0.243 e. The van der Waals surface area contributed by atoms with Gasteiger partial charge in [0.15, 0.2) is 0 Å². The largest absolute Gasteiger partial charge is 0.387 e. The van der Waals surface area contributed by atoms with Crippen molar-refractivity contribution >= 4 is 10.0 Å². The monoisotopic (exact) mass is 335 g/mol. The molecule has 6 nitrogen and oxygen atoms in total. The summed E-state index contributed by atoms with van der Waals surface area (Å²) in [6.07, 6.45) is -0.435. The van der Waals surface area contributed by atoms with Crippen LogP contribution in [0.25, 0.3) is 0 Å². The van der Waals surface area contributed by atoms with E-state index in [0.717, 1.165) is 17.0 Å². The van der Waals surface area contributed by atoms with Gasteiger partial charge in [-0.1, -0.05) is 18.2 Å². The first kappa shape index (κ1) is 16.2. The summed E-state index contributed by atoms with van der Waals surface area (Å²) in [5, 5.41) is 15.1. The van der Waals surface area contributed by atoms with Crippen LogP contribution >= 0.6 is 0 Å². The molecular weight excluding hydrogens is 314 g/mol. The number of nitrogens with zero attached hydrogens (tertiary/aromatic N) is 3. The van der Waals surface area contributed by atoms with E-state index >= 15 is 0 Å². The lowest BCUT2D eigenvalue weighted by atomic mass is 9.95. The molecule has 7 heteroatoms. The van der Waals surface area contributed by atoms with Gasteiger partial charge in [0.05, 0.1) is 22.7 Å². The second-order valence-electron chi connectivity index (χ2n) is 6.05. The Balaban J connectivity index is 2.07. The van der Waals surface area contributed by atoms with Crippen LogP contribution in [-0.2, 0) is 23.5 Å². The topological polar surface area (TPSA) is 75.4 Å². The molecule has 0 bridgehead atoms. The maximum absolute atomic E-state index is 12.7. The van der Waals surface area contributed by atoms with Crippen LogP contribution in [0.5, 0.6) is 0 Å². The molecule has 2 aromatic rings. The van der Waals surface area contributed by atoms with Crippen LogP contribution in [0.15, 0.2) is 29.2 Å². The van der Waals surface area contributed by atoms with Crippen LogP contribution in [0.4, 0.5) is 0 Å². The van der Waals surface area contributed by atoms with Crippen molar-refractivity contribution in [2.75, 3.05) is 7.05 Å². The standard InChI is InChI=1S/C16H21N3O3S/c1-10-13(11(2)18(3)17-10)9-14-16(20)12-7-5-6-8-15(12)23(21,22)19(14)4/h5-8,14,16,20H,9H2,1-4H3/t14-,16-/m1/s1. The molecule has 2 heterocycles. The number of aryl methyl sites for hydroxylation is 2. The number of rotatable bonds is 2. The van der Waals surface area contributed by atoms with Crippen LogP contribution in [0.2, 0.25) is 0 Å². The highest BCUT2D eigenvalue weighted by Gasteiger charge is 2.41. The van der Waals surface area contributed by atoms with E-state index in [1.54, 1.807) is 28.9 Å². The molecule has 1 aliphatic rings. The van der Waals surface area contributed by atoms with Gasteiger partial charge in [0.2, 0.25) is 10.0 Å². The number of aromatic nitrogens is 2.